The Balaban J connectivity index is 1.97. The molecule has 0 atom stereocenters. The van der Waals surface area contributed by atoms with Gasteiger partial charge in [-0.2, -0.15) is 9.61 Å². The van der Waals surface area contributed by atoms with Crippen molar-refractivity contribution in [2.45, 2.75) is 25.7 Å². The molecular weight excluding hydrogens is 254 g/mol. The molecule has 20 heavy (non-hydrogen) atoms. The van der Waals surface area contributed by atoms with Gasteiger partial charge in [0, 0.05) is 17.3 Å². The predicted octanol–water partition coefficient (Wildman–Crippen LogP) is 2.15. The summed E-state index contributed by atoms with van der Waals surface area (Å²) in [4.78, 5) is 4.72. The number of anilines is 1. The predicted molar refractivity (Wildman–Crippen MR) is 75.1 cm³/mol. The molecule has 1 aliphatic rings. The smallest absolute Gasteiger partial charge is 0.158 e. The number of aryl methyl sites for hydroxylation is 1. The van der Waals surface area contributed by atoms with Crippen LogP contribution in [0.3, 0.4) is 0 Å². The van der Waals surface area contributed by atoms with Crippen LogP contribution in [0.2, 0.25) is 0 Å². The van der Waals surface area contributed by atoms with Crippen LogP contribution >= 0.6 is 0 Å². The molecule has 0 spiro atoms. The van der Waals surface area contributed by atoms with E-state index in [0.29, 0.717) is 0 Å². The quantitative estimate of drug-likeness (QED) is 0.550. The number of nitrogen functional groups attached to an aromatic ring is 1. The number of fused-ring (bicyclic) bond motifs is 2. The second-order valence-electron chi connectivity index (χ2n) is 5.01. The summed E-state index contributed by atoms with van der Waals surface area (Å²) >= 11 is 0. The van der Waals surface area contributed by atoms with Gasteiger partial charge in [0.25, 0.3) is 0 Å². The van der Waals surface area contributed by atoms with Gasteiger partial charge >= 0.3 is 0 Å². The van der Waals surface area contributed by atoms with Gasteiger partial charge in [0.05, 0.1) is 6.26 Å². The maximum atomic E-state index is 5.71. The van der Waals surface area contributed by atoms with Crippen molar-refractivity contribution in [3.63, 3.8) is 0 Å². The first-order valence-electron chi connectivity index (χ1n) is 6.79. The summed E-state index contributed by atoms with van der Waals surface area (Å²) in [5.74, 6) is 7.27. The van der Waals surface area contributed by atoms with Gasteiger partial charge in [-0.25, -0.2) is 10.8 Å². The molecule has 0 saturated heterocycles. The Morgan fingerprint density at radius 1 is 1.30 bits per heavy atom. The molecule has 3 aromatic heterocycles. The van der Waals surface area contributed by atoms with E-state index in [1.54, 1.807) is 10.8 Å². The van der Waals surface area contributed by atoms with Gasteiger partial charge in [0.15, 0.2) is 11.4 Å². The van der Waals surface area contributed by atoms with Gasteiger partial charge in [-0.1, -0.05) is 0 Å². The Hall–Kier alpha value is -2.34. The summed E-state index contributed by atoms with van der Waals surface area (Å²) < 4.78 is 7.16. The molecule has 0 radical (unpaired) electrons. The monoisotopic (exact) mass is 269 g/mol. The summed E-state index contributed by atoms with van der Waals surface area (Å²) in [5, 5.41) is 4.55. The van der Waals surface area contributed by atoms with Crippen LogP contribution in [0.5, 0.6) is 0 Å². The summed E-state index contributed by atoms with van der Waals surface area (Å²) in [6, 6.07) is 5.66. The normalized spacial score (nSPS) is 14.4. The highest BCUT2D eigenvalue weighted by molar-refractivity contribution is 5.63. The minimum Gasteiger partial charge on any atom is -0.463 e. The summed E-state index contributed by atoms with van der Waals surface area (Å²) in [6.45, 7) is 0. The molecule has 6 nitrogen and oxygen atoms in total. The highest BCUT2D eigenvalue weighted by atomic mass is 16.3. The van der Waals surface area contributed by atoms with Crippen LogP contribution in [-0.4, -0.2) is 14.6 Å². The van der Waals surface area contributed by atoms with Crippen LogP contribution in [0, 0.1) is 0 Å². The number of nitrogens with one attached hydrogen (secondary N) is 1. The number of rotatable bonds is 2. The molecule has 6 heteroatoms. The van der Waals surface area contributed by atoms with Crippen molar-refractivity contribution in [2.75, 3.05) is 5.43 Å². The lowest BCUT2D eigenvalue weighted by Crippen LogP contribution is -2.18. The molecule has 0 fully saturated rings. The molecule has 4 rings (SSSR count). The van der Waals surface area contributed by atoms with Crippen LogP contribution in [0.15, 0.2) is 28.9 Å². The van der Waals surface area contributed by atoms with E-state index >= 15 is 0 Å². The van der Waals surface area contributed by atoms with E-state index in [2.05, 4.69) is 10.5 Å². The lowest BCUT2D eigenvalue weighted by atomic mass is 9.96. The minimum atomic E-state index is 0.733. The number of nitrogens with two attached hydrogens (primary N) is 1. The van der Waals surface area contributed by atoms with E-state index in [1.807, 2.05) is 18.2 Å². The maximum Gasteiger partial charge on any atom is 0.158 e. The van der Waals surface area contributed by atoms with Crippen molar-refractivity contribution in [1.29, 1.82) is 0 Å². The zero-order valence-corrected chi connectivity index (χ0v) is 11.0. The first-order chi connectivity index (χ1) is 9.86. The molecule has 0 aliphatic heterocycles. The molecule has 3 heterocycles. The molecule has 0 amide bonds. The Morgan fingerprint density at radius 3 is 3.00 bits per heavy atom. The Kier molecular flexibility index (Phi) is 2.50. The van der Waals surface area contributed by atoms with E-state index in [0.717, 1.165) is 41.5 Å². The molecule has 0 unspecified atom stereocenters. The third-order valence-corrected chi connectivity index (χ3v) is 3.79. The SMILES string of the molecule is NNc1c2c(nc3cc(-c4ccco4)nn13)CCCC2. The van der Waals surface area contributed by atoms with Crippen LogP contribution < -0.4 is 11.3 Å². The van der Waals surface area contributed by atoms with Crippen LogP contribution in [0.4, 0.5) is 5.82 Å². The van der Waals surface area contributed by atoms with Crippen molar-refractivity contribution >= 4 is 11.5 Å². The van der Waals surface area contributed by atoms with Gasteiger partial charge in [0.2, 0.25) is 0 Å². The maximum absolute atomic E-state index is 5.71. The van der Waals surface area contributed by atoms with Crippen LogP contribution in [0.1, 0.15) is 24.1 Å². The van der Waals surface area contributed by atoms with Gasteiger partial charge < -0.3 is 9.84 Å². The van der Waals surface area contributed by atoms with E-state index in [4.69, 9.17) is 15.2 Å². The lowest BCUT2D eigenvalue weighted by molar-refractivity contribution is 0.579. The van der Waals surface area contributed by atoms with Crippen molar-refractivity contribution in [3.05, 3.63) is 35.7 Å². The number of hydrogen-bond donors (Lipinski definition) is 2. The second-order valence-corrected chi connectivity index (χ2v) is 5.01. The largest absolute Gasteiger partial charge is 0.463 e. The second kappa shape index (κ2) is 4.35. The van der Waals surface area contributed by atoms with Crippen molar-refractivity contribution < 1.29 is 4.42 Å². The zero-order chi connectivity index (χ0) is 13.5. The highest BCUT2D eigenvalue weighted by Crippen LogP contribution is 2.29. The molecule has 3 aromatic rings. The number of nitrogens with zero attached hydrogens (tertiary/aromatic N) is 3. The average molecular weight is 269 g/mol. The zero-order valence-electron chi connectivity index (χ0n) is 11.0. The topological polar surface area (TPSA) is 81.4 Å². The third kappa shape index (κ3) is 1.61. The fraction of sp³-hybridized carbons (Fsp3) is 0.286. The fourth-order valence-corrected chi connectivity index (χ4v) is 2.84. The van der Waals surface area contributed by atoms with Crippen molar-refractivity contribution in [3.8, 4) is 11.5 Å². The lowest BCUT2D eigenvalue weighted by Gasteiger charge is -2.18. The third-order valence-electron chi connectivity index (χ3n) is 3.79. The van der Waals surface area contributed by atoms with E-state index < -0.39 is 0 Å². The molecule has 0 bridgehead atoms. The van der Waals surface area contributed by atoms with Gasteiger partial charge in [-0.05, 0) is 37.8 Å². The number of hydrogen-bond acceptors (Lipinski definition) is 5. The van der Waals surface area contributed by atoms with Crippen LogP contribution in [0.25, 0.3) is 17.1 Å². The Labute approximate surface area is 115 Å². The Morgan fingerprint density at radius 2 is 2.20 bits per heavy atom. The molecular formula is C14H15N5O. The molecule has 1 aliphatic carbocycles. The van der Waals surface area contributed by atoms with Crippen molar-refractivity contribution in [1.82, 2.24) is 14.6 Å². The van der Waals surface area contributed by atoms with Crippen molar-refractivity contribution in [2.24, 2.45) is 5.84 Å². The highest BCUT2D eigenvalue weighted by Gasteiger charge is 2.20. The van der Waals surface area contributed by atoms with Gasteiger partial charge in [-0.15, -0.1) is 0 Å². The number of aromatic nitrogens is 3. The van der Waals surface area contributed by atoms with Gasteiger partial charge in [-0.3, -0.25) is 0 Å². The minimum absolute atomic E-state index is 0.733. The summed E-state index contributed by atoms with van der Waals surface area (Å²) in [5.41, 5.74) is 6.66. The molecule has 0 saturated carbocycles. The summed E-state index contributed by atoms with van der Waals surface area (Å²) in [6.07, 6.45) is 5.98. The number of furan rings is 1. The Bertz CT molecular complexity index is 760. The van der Waals surface area contributed by atoms with Crippen LogP contribution in [-0.2, 0) is 12.8 Å². The first kappa shape index (κ1) is 11.5. The van der Waals surface area contributed by atoms with Gasteiger partial charge in [0.1, 0.15) is 11.5 Å². The summed E-state index contributed by atoms with van der Waals surface area (Å²) in [7, 11) is 0. The first-order valence-corrected chi connectivity index (χ1v) is 6.79. The number of hydrazine groups is 1. The van der Waals surface area contributed by atoms with E-state index in [1.165, 1.54) is 18.4 Å². The molecule has 3 N–H and O–H groups in total. The average Bonchev–Trinajstić information content (AvgIpc) is 3.13. The standard InChI is InChI=1S/C14H15N5O/c15-17-14-9-4-1-2-5-10(9)16-13-8-11(18-19(13)14)12-6-3-7-20-12/h3,6-8,17H,1-2,4-5,15H2. The van der Waals surface area contributed by atoms with E-state index in [9.17, 15) is 0 Å². The molecule has 102 valence electrons. The molecule has 0 aromatic carbocycles. The van der Waals surface area contributed by atoms with E-state index in [-0.39, 0.29) is 0 Å². The fourth-order valence-electron chi connectivity index (χ4n) is 2.84.